The monoisotopic (exact) mass is 303 g/mol. The molecule has 0 aliphatic carbocycles. The van der Waals surface area contributed by atoms with Crippen molar-refractivity contribution in [3.05, 3.63) is 45.9 Å². The fourth-order valence-electron chi connectivity index (χ4n) is 1.98. The molecule has 0 atom stereocenters. The van der Waals surface area contributed by atoms with E-state index in [0.29, 0.717) is 12.8 Å². The molecule has 0 amide bonds. The van der Waals surface area contributed by atoms with Gasteiger partial charge in [-0.1, -0.05) is 32.9 Å². The van der Waals surface area contributed by atoms with E-state index in [0.717, 1.165) is 22.0 Å². The fourth-order valence-corrected chi connectivity index (χ4v) is 3.03. The van der Waals surface area contributed by atoms with Crippen molar-refractivity contribution in [1.29, 1.82) is 0 Å². The topological polar surface area (TPSA) is 39.2 Å². The zero-order valence-electron chi connectivity index (χ0n) is 13.0. The molecule has 0 saturated carbocycles. The van der Waals surface area contributed by atoms with Crippen molar-refractivity contribution in [1.82, 2.24) is 4.98 Å². The van der Waals surface area contributed by atoms with Crippen molar-refractivity contribution < 1.29 is 9.53 Å². The second kappa shape index (κ2) is 6.39. The maximum absolute atomic E-state index is 12.2. The minimum Gasteiger partial charge on any atom is -0.497 e. The summed E-state index contributed by atoms with van der Waals surface area (Å²) in [7, 11) is 1.63. The number of hydrogen-bond donors (Lipinski definition) is 0. The number of aromatic nitrogens is 1. The number of benzene rings is 1. The summed E-state index contributed by atoms with van der Waals surface area (Å²) in [5, 5.41) is 2.95. The van der Waals surface area contributed by atoms with Crippen molar-refractivity contribution in [2.75, 3.05) is 7.11 Å². The maximum Gasteiger partial charge on any atom is 0.144 e. The van der Waals surface area contributed by atoms with Crippen LogP contribution in [0.15, 0.2) is 29.6 Å². The van der Waals surface area contributed by atoms with E-state index in [1.807, 2.05) is 29.6 Å². The molecule has 112 valence electrons. The predicted octanol–water partition coefficient (Wildman–Crippen LogP) is 3.80. The summed E-state index contributed by atoms with van der Waals surface area (Å²) in [6, 6.07) is 7.64. The molecule has 0 radical (unpaired) electrons. The van der Waals surface area contributed by atoms with Gasteiger partial charge in [-0.05, 0) is 17.7 Å². The zero-order valence-corrected chi connectivity index (χ0v) is 13.8. The molecule has 1 heterocycles. The second-order valence-corrected chi connectivity index (χ2v) is 7.06. The molecule has 3 nitrogen and oxygen atoms in total. The third-order valence-electron chi connectivity index (χ3n) is 3.20. The van der Waals surface area contributed by atoms with Gasteiger partial charge in [0.15, 0.2) is 0 Å². The van der Waals surface area contributed by atoms with Gasteiger partial charge in [0.2, 0.25) is 0 Å². The Morgan fingerprint density at radius 3 is 2.67 bits per heavy atom. The summed E-state index contributed by atoms with van der Waals surface area (Å²) < 4.78 is 5.17. The van der Waals surface area contributed by atoms with Crippen molar-refractivity contribution in [3.63, 3.8) is 0 Å². The van der Waals surface area contributed by atoms with Gasteiger partial charge >= 0.3 is 0 Å². The SMILES string of the molecule is COc1cccc(CC(=O)Cc2nc(C(C)(C)C)cs2)c1. The van der Waals surface area contributed by atoms with Crippen LogP contribution in [0.25, 0.3) is 0 Å². The smallest absolute Gasteiger partial charge is 0.144 e. The molecule has 0 fully saturated rings. The highest BCUT2D eigenvalue weighted by Crippen LogP contribution is 2.24. The summed E-state index contributed by atoms with van der Waals surface area (Å²) in [5.74, 6) is 0.961. The van der Waals surface area contributed by atoms with Gasteiger partial charge < -0.3 is 4.74 Å². The Hall–Kier alpha value is -1.68. The minimum atomic E-state index is 0.0323. The van der Waals surface area contributed by atoms with Crippen LogP contribution >= 0.6 is 11.3 Å². The van der Waals surface area contributed by atoms with Crippen LogP contribution in [0.3, 0.4) is 0 Å². The Balaban J connectivity index is 2.00. The molecule has 1 aromatic heterocycles. The summed E-state index contributed by atoms with van der Waals surface area (Å²) in [6.07, 6.45) is 0.819. The highest BCUT2D eigenvalue weighted by Gasteiger charge is 2.18. The molecule has 0 spiro atoms. The van der Waals surface area contributed by atoms with Crippen molar-refractivity contribution in [2.24, 2.45) is 0 Å². The maximum atomic E-state index is 12.2. The van der Waals surface area contributed by atoms with Gasteiger partial charge in [0.1, 0.15) is 16.5 Å². The molecule has 0 aliphatic heterocycles. The van der Waals surface area contributed by atoms with Gasteiger partial charge in [-0.25, -0.2) is 4.98 Å². The van der Waals surface area contributed by atoms with Gasteiger partial charge in [-0.15, -0.1) is 11.3 Å². The number of hydrogen-bond acceptors (Lipinski definition) is 4. The first-order valence-electron chi connectivity index (χ1n) is 6.98. The summed E-state index contributed by atoms with van der Waals surface area (Å²) in [4.78, 5) is 16.7. The molecular formula is C17H21NO2S. The lowest BCUT2D eigenvalue weighted by Crippen LogP contribution is -2.12. The Labute approximate surface area is 130 Å². The van der Waals surface area contributed by atoms with Gasteiger partial charge in [-0.3, -0.25) is 4.79 Å². The average molecular weight is 303 g/mol. The Kier molecular flexibility index (Phi) is 4.78. The third-order valence-corrected chi connectivity index (χ3v) is 4.05. The normalized spacial score (nSPS) is 11.4. The van der Waals surface area contributed by atoms with E-state index >= 15 is 0 Å². The lowest BCUT2D eigenvalue weighted by Gasteiger charge is -2.14. The van der Waals surface area contributed by atoms with E-state index in [2.05, 4.69) is 25.8 Å². The standard InChI is InChI=1S/C17H21NO2S/c1-17(2,3)15-11-21-16(18-15)10-13(19)8-12-6-5-7-14(9-12)20-4/h5-7,9,11H,8,10H2,1-4H3. The third kappa shape index (κ3) is 4.39. The number of thiazole rings is 1. The molecule has 0 saturated heterocycles. The Morgan fingerprint density at radius 2 is 2.05 bits per heavy atom. The van der Waals surface area contributed by atoms with Crippen molar-refractivity contribution in [3.8, 4) is 5.75 Å². The molecule has 2 aromatic rings. The minimum absolute atomic E-state index is 0.0323. The number of rotatable bonds is 5. The van der Waals surface area contributed by atoms with Crippen LogP contribution in [-0.4, -0.2) is 17.9 Å². The first-order chi connectivity index (χ1) is 9.88. The average Bonchev–Trinajstić information content (AvgIpc) is 2.87. The van der Waals surface area contributed by atoms with Crippen LogP contribution in [0.5, 0.6) is 5.75 Å². The van der Waals surface area contributed by atoms with Gasteiger partial charge in [0.05, 0.1) is 19.2 Å². The van der Waals surface area contributed by atoms with Crippen LogP contribution in [-0.2, 0) is 23.1 Å². The lowest BCUT2D eigenvalue weighted by molar-refractivity contribution is -0.117. The Bertz CT molecular complexity index is 626. The van der Waals surface area contributed by atoms with Crippen molar-refractivity contribution >= 4 is 17.1 Å². The van der Waals surface area contributed by atoms with Gasteiger partial charge in [-0.2, -0.15) is 0 Å². The first-order valence-corrected chi connectivity index (χ1v) is 7.86. The van der Waals surface area contributed by atoms with Gasteiger partial charge in [0.25, 0.3) is 0 Å². The molecule has 0 unspecified atom stereocenters. The van der Waals surface area contributed by atoms with Crippen molar-refractivity contribution in [2.45, 2.75) is 39.0 Å². The summed E-state index contributed by atoms with van der Waals surface area (Å²) in [5.41, 5.74) is 2.06. The van der Waals surface area contributed by atoms with Crippen LogP contribution < -0.4 is 4.74 Å². The molecular weight excluding hydrogens is 282 g/mol. The van der Waals surface area contributed by atoms with Gasteiger partial charge in [0, 0.05) is 17.2 Å². The zero-order chi connectivity index (χ0) is 15.5. The number of nitrogens with zero attached hydrogens (tertiary/aromatic N) is 1. The fraction of sp³-hybridized carbons (Fsp3) is 0.412. The van der Waals surface area contributed by atoms with E-state index in [1.54, 1.807) is 18.4 Å². The van der Waals surface area contributed by atoms with E-state index in [9.17, 15) is 4.79 Å². The number of ketones is 1. The molecule has 0 aliphatic rings. The first kappa shape index (κ1) is 15.7. The van der Waals surface area contributed by atoms with Crippen LogP contribution in [0.1, 0.15) is 37.0 Å². The summed E-state index contributed by atoms with van der Waals surface area (Å²) >= 11 is 1.57. The number of methoxy groups -OCH3 is 1. The molecule has 21 heavy (non-hydrogen) atoms. The second-order valence-electron chi connectivity index (χ2n) is 6.12. The number of carbonyl (C=O) groups is 1. The number of carbonyl (C=O) groups excluding carboxylic acids is 1. The number of Topliss-reactive ketones (excluding diaryl/α,β-unsaturated/α-hetero) is 1. The summed E-state index contributed by atoms with van der Waals surface area (Å²) in [6.45, 7) is 6.39. The lowest BCUT2D eigenvalue weighted by atomic mass is 9.93. The van der Waals surface area contributed by atoms with E-state index in [4.69, 9.17) is 4.74 Å². The molecule has 1 aromatic carbocycles. The predicted molar refractivity (Wildman–Crippen MR) is 86.2 cm³/mol. The van der Waals surface area contributed by atoms with E-state index < -0.39 is 0 Å². The van der Waals surface area contributed by atoms with Crippen LogP contribution in [0.2, 0.25) is 0 Å². The van der Waals surface area contributed by atoms with E-state index in [1.165, 1.54) is 0 Å². The number of ether oxygens (including phenoxy) is 1. The molecule has 2 rings (SSSR count). The highest BCUT2D eigenvalue weighted by molar-refractivity contribution is 7.09. The molecule has 0 bridgehead atoms. The Morgan fingerprint density at radius 1 is 1.29 bits per heavy atom. The van der Waals surface area contributed by atoms with E-state index in [-0.39, 0.29) is 11.2 Å². The van der Waals surface area contributed by atoms with Crippen LogP contribution in [0.4, 0.5) is 0 Å². The highest BCUT2D eigenvalue weighted by atomic mass is 32.1. The molecule has 0 N–H and O–H groups in total. The quantitative estimate of drug-likeness (QED) is 0.843. The molecule has 4 heteroatoms. The van der Waals surface area contributed by atoms with Crippen LogP contribution in [0, 0.1) is 0 Å². The largest absolute Gasteiger partial charge is 0.497 e.